The van der Waals surface area contributed by atoms with E-state index in [0.717, 1.165) is 0 Å². The van der Waals surface area contributed by atoms with Gasteiger partial charge in [-0.1, -0.05) is 10.3 Å². The largest absolute Gasteiger partial charge is 0.256 e. The van der Waals surface area contributed by atoms with Gasteiger partial charge in [-0.15, -0.1) is 13.2 Å². The lowest BCUT2D eigenvalue weighted by Gasteiger charge is -1.51. The van der Waals surface area contributed by atoms with Crippen LogP contribution in [0.2, 0.25) is 0 Å². The van der Waals surface area contributed by atoms with Crippen LogP contribution in [0.3, 0.4) is 0 Å². The van der Waals surface area contributed by atoms with Crippen LogP contribution in [-0.2, 0) is 0 Å². The first-order valence-electron chi connectivity index (χ1n) is 1.85. The average molecular weight is 130 g/mol. The molecule has 0 unspecified atom stereocenters. The summed E-state index contributed by atoms with van der Waals surface area (Å²) in [5, 5.41) is 11.5. The molecule has 0 aliphatic heterocycles. The molecule has 1 aromatic rings. The number of hydrogen-bond acceptors (Lipinski definition) is 3. The number of tetrazole rings is 1. The van der Waals surface area contributed by atoms with Crippen molar-refractivity contribution in [1.82, 2.24) is 20.6 Å². The van der Waals surface area contributed by atoms with Crippen molar-refractivity contribution in [3.8, 4) is 0 Å². The third-order valence-electron chi connectivity index (χ3n) is 0.354. The van der Waals surface area contributed by atoms with E-state index < -0.39 is 0 Å². The van der Waals surface area contributed by atoms with Crippen LogP contribution in [0.1, 0.15) is 0 Å². The molecule has 0 saturated heterocycles. The van der Waals surface area contributed by atoms with Crippen LogP contribution in [0.25, 0.3) is 0 Å². The van der Waals surface area contributed by atoms with Crippen LogP contribution < -0.4 is 0 Å². The maximum absolute atomic E-state index is 4.48. The molecule has 0 amide bonds. The van der Waals surface area contributed by atoms with Gasteiger partial charge in [0.1, 0.15) is 0 Å². The molecule has 0 radical (unpaired) electrons. The van der Waals surface area contributed by atoms with Crippen LogP contribution in [-0.4, -0.2) is 20.6 Å². The summed E-state index contributed by atoms with van der Waals surface area (Å²) in [4.78, 5) is 0. The first kappa shape index (κ1) is 7.03. The SMILES string of the molecule is C=C.S=c1nn[nH][nH]1. The topological polar surface area (TPSA) is 57.4 Å². The minimum Gasteiger partial charge on any atom is -0.256 e. The van der Waals surface area contributed by atoms with Gasteiger partial charge in [0, 0.05) is 0 Å². The van der Waals surface area contributed by atoms with E-state index in [0.29, 0.717) is 4.77 Å². The normalized spacial score (nSPS) is 7.00. The van der Waals surface area contributed by atoms with Crippen LogP contribution in [0.5, 0.6) is 0 Å². The number of nitrogens with one attached hydrogen (secondary N) is 2. The molecule has 0 fully saturated rings. The van der Waals surface area contributed by atoms with Gasteiger partial charge >= 0.3 is 0 Å². The monoisotopic (exact) mass is 130 g/mol. The Balaban J connectivity index is 0.000000222. The zero-order valence-corrected chi connectivity index (χ0v) is 5.03. The average Bonchev–Trinajstić information content (AvgIpc) is 2.24. The number of H-pyrrole nitrogens is 2. The zero-order valence-electron chi connectivity index (χ0n) is 4.22. The van der Waals surface area contributed by atoms with Crippen LogP contribution in [0.4, 0.5) is 0 Å². The molecule has 0 aliphatic carbocycles. The zero-order chi connectivity index (χ0) is 6.41. The summed E-state index contributed by atoms with van der Waals surface area (Å²) in [5.74, 6) is 0. The highest BCUT2D eigenvalue weighted by Gasteiger charge is 1.68. The smallest absolute Gasteiger partial charge is 0.235 e. The van der Waals surface area contributed by atoms with Gasteiger partial charge in [-0.25, -0.2) is 0 Å². The number of aromatic nitrogens is 4. The molecule has 5 heteroatoms. The van der Waals surface area contributed by atoms with E-state index in [1.165, 1.54) is 0 Å². The molecular formula is C3H6N4S. The molecule has 0 bridgehead atoms. The van der Waals surface area contributed by atoms with Gasteiger partial charge < -0.3 is 0 Å². The van der Waals surface area contributed by atoms with Gasteiger partial charge in [-0.05, 0) is 12.2 Å². The molecule has 1 rings (SSSR count). The minimum absolute atomic E-state index is 0.384. The second kappa shape index (κ2) is 4.20. The fraction of sp³-hybridized carbons (Fsp3) is 0. The predicted octanol–water partition coefficient (Wildman–Crippen LogP) is 0.664. The number of rotatable bonds is 0. The summed E-state index contributed by atoms with van der Waals surface area (Å²) in [6.07, 6.45) is 0. The quantitative estimate of drug-likeness (QED) is 0.400. The summed E-state index contributed by atoms with van der Waals surface area (Å²) in [6.45, 7) is 6.00. The van der Waals surface area contributed by atoms with E-state index >= 15 is 0 Å². The lowest BCUT2D eigenvalue weighted by atomic mass is 11.3. The molecule has 4 nitrogen and oxygen atoms in total. The van der Waals surface area contributed by atoms with Crippen molar-refractivity contribution in [2.24, 2.45) is 0 Å². The number of aromatic amines is 2. The van der Waals surface area contributed by atoms with E-state index in [2.05, 4.69) is 46.0 Å². The van der Waals surface area contributed by atoms with Crippen molar-refractivity contribution in [2.75, 3.05) is 0 Å². The molecule has 2 N–H and O–H groups in total. The molecule has 0 aliphatic rings. The maximum atomic E-state index is 4.48. The van der Waals surface area contributed by atoms with Crippen molar-refractivity contribution in [3.05, 3.63) is 17.9 Å². The Bertz CT molecular complexity index is 161. The minimum atomic E-state index is 0.384. The van der Waals surface area contributed by atoms with Crippen molar-refractivity contribution in [1.29, 1.82) is 0 Å². The van der Waals surface area contributed by atoms with Crippen LogP contribution >= 0.6 is 12.2 Å². The lowest BCUT2D eigenvalue weighted by molar-refractivity contribution is 0.881. The van der Waals surface area contributed by atoms with Crippen molar-refractivity contribution in [2.45, 2.75) is 0 Å². The standard InChI is InChI=1S/C2H4.CH2N4S/c1-2;6-1-2-4-5-3-1/h1-2H2;(H2,2,3,4,5,6). The third kappa shape index (κ3) is 2.25. The van der Waals surface area contributed by atoms with Crippen LogP contribution in [0.15, 0.2) is 13.2 Å². The summed E-state index contributed by atoms with van der Waals surface area (Å²) >= 11 is 4.48. The Kier molecular flexibility index (Phi) is 3.69. The molecule has 1 heterocycles. The van der Waals surface area contributed by atoms with Gasteiger partial charge in [0.2, 0.25) is 4.77 Å². The van der Waals surface area contributed by atoms with Gasteiger partial charge in [0.15, 0.2) is 0 Å². The van der Waals surface area contributed by atoms with Gasteiger partial charge in [0.25, 0.3) is 0 Å². The Hall–Kier alpha value is -0.970. The molecule has 0 atom stereocenters. The third-order valence-corrected chi connectivity index (χ3v) is 0.537. The fourth-order valence-electron chi connectivity index (χ4n) is 0.168. The predicted molar refractivity (Wildman–Crippen MR) is 32.8 cm³/mol. The number of nitrogens with zero attached hydrogens (tertiary/aromatic N) is 2. The molecule has 0 aromatic carbocycles. The molecule has 0 saturated carbocycles. The summed E-state index contributed by atoms with van der Waals surface area (Å²) < 4.78 is 0.384. The van der Waals surface area contributed by atoms with Gasteiger partial charge in [0.05, 0.1) is 0 Å². The number of hydrogen-bond donors (Lipinski definition) is 2. The van der Waals surface area contributed by atoms with Crippen molar-refractivity contribution in [3.63, 3.8) is 0 Å². The fourth-order valence-corrected chi connectivity index (χ4v) is 0.255. The highest BCUT2D eigenvalue weighted by molar-refractivity contribution is 7.71. The van der Waals surface area contributed by atoms with Gasteiger partial charge in [-0.3, -0.25) is 5.10 Å². The lowest BCUT2D eigenvalue weighted by Crippen LogP contribution is -1.64. The summed E-state index contributed by atoms with van der Waals surface area (Å²) in [6, 6.07) is 0. The van der Waals surface area contributed by atoms with Crippen molar-refractivity contribution >= 4 is 12.2 Å². The Morgan fingerprint density at radius 3 is 2.25 bits per heavy atom. The van der Waals surface area contributed by atoms with Gasteiger partial charge in [-0.2, -0.15) is 5.21 Å². The van der Waals surface area contributed by atoms with Crippen LogP contribution in [0, 0.1) is 4.77 Å². The van der Waals surface area contributed by atoms with E-state index in [1.807, 2.05) is 0 Å². The first-order chi connectivity index (χ1) is 3.89. The summed E-state index contributed by atoms with van der Waals surface area (Å²) in [5.41, 5.74) is 0. The molecular weight excluding hydrogens is 124 g/mol. The first-order valence-corrected chi connectivity index (χ1v) is 2.26. The Morgan fingerprint density at radius 1 is 1.50 bits per heavy atom. The maximum Gasteiger partial charge on any atom is 0.235 e. The highest BCUT2D eigenvalue weighted by atomic mass is 32.1. The Morgan fingerprint density at radius 2 is 2.12 bits per heavy atom. The molecule has 0 spiro atoms. The molecule has 1 aromatic heterocycles. The van der Waals surface area contributed by atoms with E-state index in [-0.39, 0.29) is 0 Å². The van der Waals surface area contributed by atoms with Crippen molar-refractivity contribution < 1.29 is 0 Å². The molecule has 8 heavy (non-hydrogen) atoms. The summed E-state index contributed by atoms with van der Waals surface area (Å²) in [7, 11) is 0. The van der Waals surface area contributed by atoms with E-state index in [4.69, 9.17) is 0 Å². The second-order valence-corrected chi connectivity index (χ2v) is 1.13. The molecule has 44 valence electrons. The Labute approximate surface area is 51.6 Å². The highest BCUT2D eigenvalue weighted by Crippen LogP contribution is 1.61. The van der Waals surface area contributed by atoms with E-state index in [1.54, 1.807) is 0 Å². The van der Waals surface area contributed by atoms with E-state index in [9.17, 15) is 0 Å². The second-order valence-electron chi connectivity index (χ2n) is 0.742.